The van der Waals surface area contributed by atoms with Crippen LogP contribution in [0.1, 0.15) is 49.8 Å². The highest BCUT2D eigenvalue weighted by Gasteiger charge is 2.49. The number of alkyl halides is 2. The Hall–Kier alpha value is -1.04. The van der Waals surface area contributed by atoms with Crippen LogP contribution in [0.3, 0.4) is 0 Å². The third-order valence-electron chi connectivity index (χ3n) is 4.01. The first-order chi connectivity index (χ1) is 8.55. The molecule has 2 fully saturated rings. The van der Waals surface area contributed by atoms with Gasteiger partial charge in [-0.15, -0.1) is 0 Å². The first kappa shape index (κ1) is 12.0. The van der Waals surface area contributed by atoms with Crippen LogP contribution < -0.4 is 0 Å². The smallest absolute Gasteiger partial charge is 0.262 e. The van der Waals surface area contributed by atoms with E-state index in [9.17, 15) is 8.78 Å². The van der Waals surface area contributed by atoms with E-state index in [1.54, 1.807) is 6.92 Å². The van der Waals surface area contributed by atoms with Gasteiger partial charge in [-0.1, -0.05) is 12.8 Å². The van der Waals surface area contributed by atoms with E-state index >= 15 is 0 Å². The van der Waals surface area contributed by atoms with E-state index in [2.05, 4.69) is 15.2 Å². The lowest BCUT2D eigenvalue weighted by Gasteiger charge is -2.28. The predicted molar refractivity (Wildman–Crippen MR) is 62.4 cm³/mol. The van der Waals surface area contributed by atoms with Crippen LogP contribution in [0.25, 0.3) is 0 Å². The molecule has 18 heavy (non-hydrogen) atoms. The Balaban J connectivity index is 1.85. The summed E-state index contributed by atoms with van der Waals surface area (Å²) in [6, 6.07) is -0.0461. The lowest BCUT2D eigenvalue weighted by molar-refractivity contribution is 0.00791. The van der Waals surface area contributed by atoms with Crippen molar-refractivity contribution < 1.29 is 8.78 Å². The highest BCUT2D eigenvalue weighted by Crippen LogP contribution is 2.43. The summed E-state index contributed by atoms with van der Waals surface area (Å²) >= 11 is 0. The van der Waals surface area contributed by atoms with Crippen molar-refractivity contribution in [1.29, 1.82) is 0 Å². The van der Waals surface area contributed by atoms with E-state index in [1.165, 1.54) is 0 Å². The Morgan fingerprint density at radius 2 is 2.06 bits per heavy atom. The number of hydrogen-bond acceptors (Lipinski definition) is 3. The van der Waals surface area contributed by atoms with Gasteiger partial charge in [0.2, 0.25) is 0 Å². The summed E-state index contributed by atoms with van der Waals surface area (Å²) in [6.07, 6.45) is 4.19. The average Bonchev–Trinajstić information content (AvgIpc) is 2.96. The maximum absolute atomic E-state index is 13.7. The molecule has 6 heteroatoms. The minimum absolute atomic E-state index is 0.143. The molecule has 4 nitrogen and oxygen atoms in total. The Kier molecular flexibility index (Phi) is 2.84. The van der Waals surface area contributed by atoms with Crippen LogP contribution in [0.15, 0.2) is 0 Å². The van der Waals surface area contributed by atoms with Gasteiger partial charge in [-0.05, 0) is 19.8 Å². The van der Waals surface area contributed by atoms with Gasteiger partial charge in [0.1, 0.15) is 5.82 Å². The monoisotopic (exact) mass is 256 g/mol. The highest BCUT2D eigenvalue weighted by molar-refractivity contribution is 5.05. The zero-order valence-electron chi connectivity index (χ0n) is 10.5. The summed E-state index contributed by atoms with van der Waals surface area (Å²) in [5, 5.41) is 6.83. The summed E-state index contributed by atoms with van der Waals surface area (Å²) in [4.78, 5) is 6.16. The summed E-state index contributed by atoms with van der Waals surface area (Å²) in [5.41, 5.74) is 0. The van der Waals surface area contributed by atoms with Gasteiger partial charge in [-0.2, -0.15) is 5.10 Å². The number of nitrogens with one attached hydrogen (secondary N) is 1. The van der Waals surface area contributed by atoms with Crippen molar-refractivity contribution in [3.63, 3.8) is 0 Å². The van der Waals surface area contributed by atoms with Gasteiger partial charge in [0.15, 0.2) is 5.82 Å². The first-order valence-electron chi connectivity index (χ1n) is 6.58. The van der Waals surface area contributed by atoms with Gasteiger partial charge in [-0.3, -0.25) is 10.00 Å². The summed E-state index contributed by atoms with van der Waals surface area (Å²) in [5.74, 6) is -1.40. The number of hydrogen-bond donors (Lipinski definition) is 1. The molecule has 0 bridgehead atoms. The third kappa shape index (κ3) is 2.13. The van der Waals surface area contributed by atoms with Crippen LogP contribution in [0.4, 0.5) is 8.78 Å². The molecule has 0 unspecified atom stereocenters. The van der Waals surface area contributed by atoms with Crippen LogP contribution in [0.5, 0.6) is 0 Å². The highest BCUT2D eigenvalue weighted by atomic mass is 19.3. The van der Waals surface area contributed by atoms with E-state index in [-0.39, 0.29) is 25.0 Å². The van der Waals surface area contributed by atoms with Crippen molar-refractivity contribution in [3.8, 4) is 0 Å². The number of aromatic nitrogens is 3. The standard InChI is InChI=1S/C12H18F2N4/c1-8-15-11(17-16-8)10-6-12(13,14)7-18(10)9-4-2-3-5-9/h9-10H,2-7H2,1H3,(H,15,16,17)/t10-/m0/s1. The van der Waals surface area contributed by atoms with Crippen LogP contribution in [-0.4, -0.2) is 38.6 Å². The molecule has 1 atom stereocenters. The zero-order valence-corrected chi connectivity index (χ0v) is 10.5. The van der Waals surface area contributed by atoms with Gasteiger partial charge >= 0.3 is 0 Å². The molecule has 1 N–H and O–H groups in total. The van der Waals surface area contributed by atoms with Crippen molar-refractivity contribution >= 4 is 0 Å². The van der Waals surface area contributed by atoms with E-state index < -0.39 is 5.92 Å². The first-order valence-corrected chi connectivity index (χ1v) is 6.58. The molecular weight excluding hydrogens is 238 g/mol. The van der Waals surface area contributed by atoms with Gasteiger partial charge in [-0.25, -0.2) is 13.8 Å². The predicted octanol–water partition coefficient (Wildman–Crippen LogP) is 2.44. The van der Waals surface area contributed by atoms with Crippen LogP contribution in [-0.2, 0) is 0 Å². The second-order valence-electron chi connectivity index (χ2n) is 5.47. The minimum atomic E-state index is -2.61. The average molecular weight is 256 g/mol. The van der Waals surface area contributed by atoms with Crippen LogP contribution in [0.2, 0.25) is 0 Å². The number of aryl methyl sites for hydroxylation is 1. The van der Waals surface area contributed by atoms with Crippen molar-refractivity contribution in [3.05, 3.63) is 11.6 Å². The Bertz CT molecular complexity index is 425. The fourth-order valence-electron chi connectivity index (χ4n) is 3.21. The number of nitrogens with zero attached hydrogens (tertiary/aromatic N) is 3. The van der Waals surface area contributed by atoms with E-state index in [0.717, 1.165) is 25.7 Å². The number of likely N-dealkylation sites (tertiary alicyclic amines) is 1. The molecule has 0 aromatic carbocycles. The summed E-state index contributed by atoms with van der Waals surface area (Å²) in [7, 11) is 0. The maximum atomic E-state index is 13.7. The van der Waals surface area contributed by atoms with E-state index in [4.69, 9.17) is 0 Å². The molecule has 3 rings (SSSR count). The van der Waals surface area contributed by atoms with Crippen molar-refractivity contribution in [1.82, 2.24) is 20.1 Å². The lowest BCUT2D eigenvalue weighted by atomic mass is 10.1. The number of halogens is 2. The van der Waals surface area contributed by atoms with Crippen LogP contribution >= 0.6 is 0 Å². The molecule has 1 aromatic heterocycles. The maximum Gasteiger partial charge on any atom is 0.262 e. The molecule has 0 spiro atoms. The Morgan fingerprint density at radius 1 is 1.33 bits per heavy atom. The number of rotatable bonds is 2. The third-order valence-corrected chi connectivity index (χ3v) is 4.01. The molecular formula is C12H18F2N4. The molecule has 2 heterocycles. The number of H-pyrrole nitrogens is 1. The fourth-order valence-corrected chi connectivity index (χ4v) is 3.21. The summed E-state index contributed by atoms with van der Waals surface area (Å²) < 4.78 is 27.4. The zero-order chi connectivity index (χ0) is 12.8. The molecule has 1 aromatic rings. The molecule has 1 aliphatic heterocycles. The van der Waals surface area contributed by atoms with Gasteiger partial charge < -0.3 is 0 Å². The Labute approximate surface area is 105 Å². The second kappa shape index (κ2) is 4.26. The molecule has 0 radical (unpaired) electrons. The van der Waals surface area contributed by atoms with Gasteiger partial charge in [0, 0.05) is 12.5 Å². The largest absolute Gasteiger partial charge is 0.284 e. The topological polar surface area (TPSA) is 44.8 Å². The quantitative estimate of drug-likeness (QED) is 0.884. The van der Waals surface area contributed by atoms with E-state index in [1.807, 2.05) is 4.90 Å². The van der Waals surface area contributed by atoms with Crippen molar-refractivity contribution in [2.24, 2.45) is 0 Å². The normalized spacial score (nSPS) is 29.2. The van der Waals surface area contributed by atoms with Crippen molar-refractivity contribution in [2.75, 3.05) is 6.54 Å². The Morgan fingerprint density at radius 3 is 2.67 bits per heavy atom. The molecule has 100 valence electrons. The molecule has 0 amide bonds. The van der Waals surface area contributed by atoms with Crippen molar-refractivity contribution in [2.45, 2.75) is 57.0 Å². The second-order valence-corrected chi connectivity index (χ2v) is 5.47. The van der Waals surface area contributed by atoms with Gasteiger partial charge in [0.25, 0.3) is 5.92 Å². The van der Waals surface area contributed by atoms with Crippen LogP contribution in [0, 0.1) is 6.92 Å². The summed E-state index contributed by atoms with van der Waals surface area (Å²) in [6.45, 7) is 1.65. The minimum Gasteiger partial charge on any atom is -0.284 e. The number of aromatic amines is 1. The van der Waals surface area contributed by atoms with Gasteiger partial charge in [0.05, 0.1) is 12.6 Å². The molecule has 1 aliphatic carbocycles. The van der Waals surface area contributed by atoms with E-state index in [0.29, 0.717) is 11.6 Å². The SMILES string of the molecule is Cc1nc([C@@H]2CC(F)(F)CN2C2CCCC2)n[nH]1. The fraction of sp³-hybridized carbons (Fsp3) is 0.833. The molecule has 1 saturated carbocycles. The lowest BCUT2D eigenvalue weighted by Crippen LogP contribution is -2.35. The molecule has 2 aliphatic rings. The molecule has 1 saturated heterocycles.